The molecule has 0 fully saturated rings. The third-order valence-electron chi connectivity index (χ3n) is 6.63. The Morgan fingerprint density at radius 1 is 1.00 bits per heavy atom. The van der Waals surface area contributed by atoms with E-state index in [2.05, 4.69) is 92.5 Å². The van der Waals surface area contributed by atoms with E-state index in [4.69, 9.17) is 0 Å². The van der Waals surface area contributed by atoms with Crippen molar-refractivity contribution in [1.82, 2.24) is 0 Å². The van der Waals surface area contributed by atoms with Gasteiger partial charge in [0.05, 0.1) is 0 Å². The lowest BCUT2D eigenvalue weighted by molar-refractivity contribution is 0.884. The van der Waals surface area contributed by atoms with Crippen molar-refractivity contribution in [2.24, 2.45) is 5.92 Å². The first-order chi connectivity index (χ1) is 13.6. The minimum atomic E-state index is 0.393. The topological polar surface area (TPSA) is 3.24 Å². The Bertz CT molecular complexity index is 1050. The number of benzene rings is 1. The van der Waals surface area contributed by atoms with Gasteiger partial charge in [0.25, 0.3) is 0 Å². The third-order valence-corrected chi connectivity index (χ3v) is 6.63. The van der Waals surface area contributed by atoms with Crippen LogP contribution in [0, 0.1) is 5.92 Å². The summed E-state index contributed by atoms with van der Waals surface area (Å²) in [6.07, 6.45) is 17.5. The zero-order chi connectivity index (χ0) is 19.3. The molecule has 0 aromatic heterocycles. The summed E-state index contributed by atoms with van der Waals surface area (Å²) >= 11 is 0. The maximum atomic E-state index is 2.49. The van der Waals surface area contributed by atoms with Gasteiger partial charge in [-0.3, -0.25) is 0 Å². The van der Waals surface area contributed by atoms with E-state index < -0.39 is 0 Å². The highest BCUT2D eigenvalue weighted by Crippen LogP contribution is 2.48. The third kappa shape index (κ3) is 2.69. The Kier molecular flexibility index (Phi) is 4.12. The number of allylic oxidation sites excluding steroid dienone is 12. The van der Waals surface area contributed by atoms with Crippen LogP contribution >= 0.6 is 0 Å². The van der Waals surface area contributed by atoms with Gasteiger partial charge in [0.2, 0.25) is 0 Å². The zero-order valence-electron chi connectivity index (χ0n) is 17.0. The van der Waals surface area contributed by atoms with Gasteiger partial charge in [0.15, 0.2) is 0 Å². The van der Waals surface area contributed by atoms with Crippen LogP contribution in [-0.4, -0.2) is 0 Å². The van der Waals surface area contributed by atoms with Crippen LogP contribution in [0.5, 0.6) is 0 Å². The van der Waals surface area contributed by atoms with Crippen molar-refractivity contribution in [3.8, 4) is 0 Å². The largest absolute Gasteiger partial charge is 0.317 e. The SMILES string of the molecule is CC1=CC2=CC3C(=CC2=C1CCC1=CC=CC1)N(c1ccccc1)C(C)=C3C. The van der Waals surface area contributed by atoms with Crippen molar-refractivity contribution in [2.75, 3.05) is 4.90 Å². The van der Waals surface area contributed by atoms with Gasteiger partial charge in [-0.2, -0.15) is 0 Å². The molecule has 140 valence electrons. The van der Waals surface area contributed by atoms with Gasteiger partial charge >= 0.3 is 0 Å². The molecule has 1 heterocycles. The van der Waals surface area contributed by atoms with E-state index in [0.717, 1.165) is 19.3 Å². The molecule has 0 bridgehead atoms. The summed E-state index contributed by atoms with van der Waals surface area (Å²) in [5.41, 5.74) is 12.9. The predicted molar refractivity (Wildman–Crippen MR) is 119 cm³/mol. The molecular weight excluding hydrogens is 338 g/mol. The highest BCUT2D eigenvalue weighted by atomic mass is 15.2. The number of para-hydroxylation sites is 1. The van der Waals surface area contributed by atoms with E-state index in [1.165, 1.54) is 44.9 Å². The number of rotatable bonds is 4. The van der Waals surface area contributed by atoms with Crippen molar-refractivity contribution in [3.05, 3.63) is 112 Å². The highest BCUT2D eigenvalue weighted by Gasteiger charge is 2.35. The molecule has 0 radical (unpaired) electrons. The molecule has 1 atom stereocenters. The van der Waals surface area contributed by atoms with Gasteiger partial charge in [0, 0.05) is 23.0 Å². The number of hydrogen-bond donors (Lipinski definition) is 0. The Balaban J connectivity index is 1.53. The second-order valence-corrected chi connectivity index (χ2v) is 8.29. The van der Waals surface area contributed by atoms with Crippen LogP contribution in [0.3, 0.4) is 0 Å². The molecule has 0 spiro atoms. The van der Waals surface area contributed by atoms with Gasteiger partial charge in [-0.15, -0.1) is 0 Å². The van der Waals surface area contributed by atoms with Crippen LogP contribution in [0.15, 0.2) is 112 Å². The van der Waals surface area contributed by atoms with E-state index in [1.54, 1.807) is 5.57 Å². The van der Waals surface area contributed by atoms with Crippen LogP contribution in [0.4, 0.5) is 5.69 Å². The first-order valence-electron chi connectivity index (χ1n) is 10.4. The fraction of sp³-hybridized carbons (Fsp3) is 0.259. The summed E-state index contributed by atoms with van der Waals surface area (Å²) in [6.45, 7) is 6.82. The monoisotopic (exact) mass is 365 g/mol. The van der Waals surface area contributed by atoms with Crippen molar-refractivity contribution in [2.45, 2.75) is 40.0 Å². The average Bonchev–Trinajstić information content (AvgIpc) is 3.38. The van der Waals surface area contributed by atoms with Gasteiger partial charge in [-0.1, -0.05) is 54.2 Å². The van der Waals surface area contributed by atoms with Gasteiger partial charge < -0.3 is 4.90 Å². The van der Waals surface area contributed by atoms with Crippen LogP contribution in [-0.2, 0) is 0 Å². The van der Waals surface area contributed by atoms with Crippen LogP contribution in [0.1, 0.15) is 40.0 Å². The molecular formula is C27H27N. The molecule has 1 aromatic rings. The highest BCUT2D eigenvalue weighted by molar-refractivity contribution is 5.72. The van der Waals surface area contributed by atoms with Gasteiger partial charge in [-0.05, 0) is 86.1 Å². The summed E-state index contributed by atoms with van der Waals surface area (Å²) in [5, 5.41) is 0. The molecule has 0 saturated heterocycles. The maximum Gasteiger partial charge on any atom is 0.0455 e. The van der Waals surface area contributed by atoms with Crippen LogP contribution in [0.2, 0.25) is 0 Å². The van der Waals surface area contributed by atoms with Crippen molar-refractivity contribution in [1.29, 1.82) is 0 Å². The molecule has 1 heteroatoms. The molecule has 3 aliphatic carbocycles. The van der Waals surface area contributed by atoms with Crippen molar-refractivity contribution >= 4 is 5.69 Å². The average molecular weight is 366 g/mol. The van der Waals surface area contributed by atoms with Gasteiger partial charge in [-0.25, -0.2) is 0 Å². The Hall–Kier alpha value is -2.80. The van der Waals surface area contributed by atoms with Crippen LogP contribution < -0.4 is 4.90 Å². The first-order valence-corrected chi connectivity index (χ1v) is 10.4. The Morgan fingerprint density at radius 3 is 2.57 bits per heavy atom. The lowest BCUT2D eigenvalue weighted by Crippen LogP contribution is -2.19. The zero-order valence-corrected chi connectivity index (χ0v) is 17.0. The fourth-order valence-corrected chi connectivity index (χ4v) is 4.96. The van der Waals surface area contributed by atoms with Crippen molar-refractivity contribution in [3.63, 3.8) is 0 Å². The minimum absolute atomic E-state index is 0.393. The Labute approximate surface area is 168 Å². The summed E-state index contributed by atoms with van der Waals surface area (Å²) in [6, 6.07) is 10.8. The first kappa shape index (κ1) is 17.3. The van der Waals surface area contributed by atoms with Crippen molar-refractivity contribution < 1.29 is 0 Å². The summed E-state index contributed by atoms with van der Waals surface area (Å²) < 4.78 is 0. The number of fused-ring (bicyclic) bond motifs is 2. The fourth-order valence-electron chi connectivity index (χ4n) is 4.96. The standard InChI is InChI=1S/C27H27N/c1-18-15-22-16-25-19(2)20(3)28(23-11-5-4-6-12-23)27(25)17-26(22)24(18)14-13-21-9-7-8-10-21/h4-9,11-12,15-17,25H,10,13-14H2,1-3H3. The summed E-state index contributed by atoms with van der Waals surface area (Å²) in [7, 11) is 0. The van der Waals surface area contributed by atoms with E-state index in [9.17, 15) is 0 Å². The predicted octanol–water partition coefficient (Wildman–Crippen LogP) is 7.16. The lowest BCUT2D eigenvalue weighted by Gasteiger charge is -2.27. The number of nitrogens with zero attached hydrogens (tertiary/aromatic N) is 1. The molecule has 1 unspecified atom stereocenters. The van der Waals surface area contributed by atoms with E-state index in [0.29, 0.717) is 5.92 Å². The molecule has 1 nitrogen and oxygen atoms in total. The molecule has 5 rings (SSSR count). The molecule has 1 aromatic carbocycles. The molecule has 1 aliphatic heterocycles. The molecule has 0 amide bonds. The maximum absolute atomic E-state index is 2.49. The second kappa shape index (κ2) is 6.67. The van der Waals surface area contributed by atoms with E-state index >= 15 is 0 Å². The second-order valence-electron chi connectivity index (χ2n) is 8.29. The number of anilines is 1. The molecule has 4 aliphatic rings. The molecule has 0 N–H and O–H groups in total. The lowest BCUT2D eigenvalue weighted by atomic mass is 9.87. The minimum Gasteiger partial charge on any atom is -0.317 e. The summed E-state index contributed by atoms with van der Waals surface area (Å²) in [4.78, 5) is 2.45. The number of hydrogen-bond acceptors (Lipinski definition) is 1. The van der Waals surface area contributed by atoms with Crippen LogP contribution in [0.25, 0.3) is 0 Å². The normalized spacial score (nSPS) is 23.0. The molecule has 0 saturated carbocycles. The van der Waals surface area contributed by atoms with E-state index in [1.807, 2.05) is 0 Å². The van der Waals surface area contributed by atoms with E-state index in [-0.39, 0.29) is 0 Å². The molecule has 28 heavy (non-hydrogen) atoms. The quantitative estimate of drug-likeness (QED) is 0.547. The van der Waals surface area contributed by atoms with Gasteiger partial charge in [0.1, 0.15) is 0 Å². The Morgan fingerprint density at radius 2 is 1.82 bits per heavy atom. The summed E-state index contributed by atoms with van der Waals surface area (Å²) in [5.74, 6) is 0.393. The smallest absolute Gasteiger partial charge is 0.0455 e.